The average Bonchev–Trinajstić information content (AvgIpc) is 2.65. The molecule has 0 aromatic heterocycles. The van der Waals surface area contributed by atoms with E-state index in [4.69, 9.17) is 0 Å². The lowest BCUT2D eigenvalue weighted by Gasteiger charge is -2.34. The van der Waals surface area contributed by atoms with Crippen LogP contribution in [0.3, 0.4) is 0 Å². The summed E-state index contributed by atoms with van der Waals surface area (Å²) in [5, 5.41) is 3.76. The average molecular weight is 237 g/mol. The third kappa shape index (κ3) is 4.28. The first-order chi connectivity index (χ1) is 8.40. The lowest BCUT2D eigenvalue weighted by Crippen LogP contribution is -2.36. The van der Waals surface area contributed by atoms with Crippen LogP contribution < -0.4 is 5.32 Å². The van der Waals surface area contributed by atoms with Crippen LogP contribution >= 0.6 is 0 Å². The first-order valence-electron chi connectivity index (χ1n) is 8.13. The molecule has 0 bridgehead atoms. The SMILES string of the molecule is CCCNC1CCCC(C2CCCCCC2)C1. The highest BCUT2D eigenvalue weighted by Crippen LogP contribution is 2.37. The van der Waals surface area contributed by atoms with Crippen molar-refractivity contribution >= 4 is 0 Å². The topological polar surface area (TPSA) is 12.0 Å². The molecule has 1 N–H and O–H groups in total. The summed E-state index contributed by atoms with van der Waals surface area (Å²) >= 11 is 0. The summed E-state index contributed by atoms with van der Waals surface area (Å²) in [7, 11) is 0. The Hall–Kier alpha value is -0.0400. The van der Waals surface area contributed by atoms with Crippen molar-refractivity contribution in [1.29, 1.82) is 0 Å². The second-order valence-corrected chi connectivity index (χ2v) is 6.33. The molecule has 0 radical (unpaired) electrons. The lowest BCUT2D eigenvalue weighted by molar-refractivity contribution is 0.194. The normalized spacial score (nSPS) is 32.3. The predicted octanol–water partition coefficient (Wildman–Crippen LogP) is 4.52. The molecule has 2 aliphatic rings. The zero-order valence-corrected chi connectivity index (χ0v) is 11.7. The predicted molar refractivity (Wildman–Crippen MR) is 75.2 cm³/mol. The van der Waals surface area contributed by atoms with Crippen molar-refractivity contribution in [3.63, 3.8) is 0 Å². The highest BCUT2D eigenvalue weighted by Gasteiger charge is 2.28. The van der Waals surface area contributed by atoms with Crippen molar-refractivity contribution in [2.24, 2.45) is 11.8 Å². The smallest absolute Gasteiger partial charge is 0.00698 e. The van der Waals surface area contributed by atoms with E-state index < -0.39 is 0 Å². The second-order valence-electron chi connectivity index (χ2n) is 6.33. The Bertz CT molecular complexity index is 194. The van der Waals surface area contributed by atoms with Crippen LogP contribution in [0.4, 0.5) is 0 Å². The van der Waals surface area contributed by atoms with Gasteiger partial charge in [0.05, 0.1) is 0 Å². The first-order valence-corrected chi connectivity index (χ1v) is 8.13. The largest absolute Gasteiger partial charge is 0.314 e. The Morgan fingerprint density at radius 1 is 0.824 bits per heavy atom. The molecule has 2 saturated carbocycles. The van der Waals surface area contributed by atoms with Crippen LogP contribution in [-0.4, -0.2) is 12.6 Å². The van der Waals surface area contributed by atoms with E-state index in [0.717, 1.165) is 17.9 Å². The molecular formula is C16H31N. The molecule has 0 aromatic rings. The van der Waals surface area contributed by atoms with Gasteiger partial charge in [0, 0.05) is 6.04 Å². The zero-order chi connectivity index (χ0) is 11.9. The molecule has 2 fully saturated rings. The number of nitrogens with one attached hydrogen (secondary N) is 1. The minimum absolute atomic E-state index is 0.844. The summed E-state index contributed by atoms with van der Waals surface area (Å²) in [5.41, 5.74) is 0. The highest BCUT2D eigenvalue weighted by atomic mass is 14.9. The van der Waals surface area contributed by atoms with Gasteiger partial charge >= 0.3 is 0 Å². The van der Waals surface area contributed by atoms with Gasteiger partial charge in [0.25, 0.3) is 0 Å². The zero-order valence-electron chi connectivity index (χ0n) is 11.7. The minimum Gasteiger partial charge on any atom is -0.314 e. The fourth-order valence-electron chi connectivity index (χ4n) is 3.97. The maximum absolute atomic E-state index is 3.76. The van der Waals surface area contributed by atoms with E-state index in [-0.39, 0.29) is 0 Å². The molecule has 100 valence electrons. The molecule has 0 saturated heterocycles. The van der Waals surface area contributed by atoms with Crippen molar-refractivity contribution < 1.29 is 0 Å². The van der Waals surface area contributed by atoms with Gasteiger partial charge in [-0.25, -0.2) is 0 Å². The molecule has 0 spiro atoms. The molecule has 0 aromatic carbocycles. The van der Waals surface area contributed by atoms with E-state index in [1.54, 1.807) is 0 Å². The highest BCUT2D eigenvalue weighted by molar-refractivity contribution is 4.82. The molecule has 2 rings (SSSR count). The number of hydrogen-bond donors (Lipinski definition) is 1. The monoisotopic (exact) mass is 237 g/mol. The number of hydrogen-bond acceptors (Lipinski definition) is 1. The summed E-state index contributed by atoms with van der Waals surface area (Å²) in [5.74, 6) is 2.12. The van der Waals surface area contributed by atoms with Gasteiger partial charge in [-0.1, -0.05) is 58.3 Å². The molecular weight excluding hydrogens is 206 g/mol. The van der Waals surface area contributed by atoms with Crippen molar-refractivity contribution in [3.05, 3.63) is 0 Å². The van der Waals surface area contributed by atoms with Gasteiger partial charge in [0.2, 0.25) is 0 Å². The standard InChI is InChI=1S/C16H31N/c1-2-12-17-16-11-7-10-15(13-16)14-8-5-3-4-6-9-14/h14-17H,2-13H2,1H3. The Balaban J connectivity index is 1.78. The Morgan fingerprint density at radius 2 is 1.53 bits per heavy atom. The van der Waals surface area contributed by atoms with Gasteiger partial charge in [-0.2, -0.15) is 0 Å². The maximum Gasteiger partial charge on any atom is 0.00698 e. The van der Waals surface area contributed by atoms with E-state index in [2.05, 4.69) is 12.2 Å². The van der Waals surface area contributed by atoms with Crippen molar-refractivity contribution in [2.75, 3.05) is 6.54 Å². The summed E-state index contributed by atoms with van der Waals surface area (Å²) in [6.07, 6.45) is 16.3. The van der Waals surface area contributed by atoms with Crippen molar-refractivity contribution in [1.82, 2.24) is 5.32 Å². The van der Waals surface area contributed by atoms with Crippen LogP contribution in [0.25, 0.3) is 0 Å². The van der Waals surface area contributed by atoms with Gasteiger partial charge in [-0.05, 0) is 37.6 Å². The van der Waals surface area contributed by atoms with E-state index in [0.29, 0.717) is 0 Å². The Morgan fingerprint density at radius 3 is 2.24 bits per heavy atom. The molecule has 17 heavy (non-hydrogen) atoms. The third-order valence-corrected chi connectivity index (χ3v) is 4.96. The Labute approximate surface area is 108 Å². The second kappa shape index (κ2) is 7.41. The van der Waals surface area contributed by atoms with E-state index >= 15 is 0 Å². The first kappa shape index (κ1) is 13.4. The summed E-state index contributed by atoms with van der Waals surface area (Å²) in [4.78, 5) is 0. The van der Waals surface area contributed by atoms with Crippen LogP contribution in [0.15, 0.2) is 0 Å². The molecule has 2 unspecified atom stereocenters. The summed E-state index contributed by atoms with van der Waals surface area (Å²) in [6.45, 7) is 3.50. The number of rotatable bonds is 4. The van der Waals surface area contributed by atoms with E-state index in [1.807, 2.05) is 0 Å². The van der Waals surface area contributed by atoms with Crippen LogP contribution in [-0.2, 0) is 0 Å². The quantitative estimate of drug-likeness (QED) is 0.709. The Kier molecular flexibility index (Phi) is 5.84. The molecule has 0 aliphatic heterocycles. The van der Waals surface area contributed by atoms with Gasteiger partial charge in [0.1, 0.15) is 0 Å². The fourth-order valence-corrected chi connectivity index (χ4v) is 3.97. The van der Waals surface area contributed by atoms with Gasteiger partial charge in [0.15, 0.2) is 0 Å². The maximum atomic E-state index is 3.76. The van der Waals surface area contributed by atoms with Gasteiger partial charge < -0.3 is 5.32 Å². The van der Waals surface area contributed by atoms with Gasteiger partial charge in [-0.15, -0.1) is 0 Å². The van der Waals surface area contributed by atoms with E-state index in [9.17, 15) is 0 Å². The van der Waals surface area contributed by atoms with Crippen LogP contribution in [0.1, 0.15) is 77.6 Å². The molecule has 0 amide bonds. The lowest BCUT2D eigenvalue weighted by atomic mass is 9.75. The third-order valence-electron chi connectivity index (χ3n) is 4.96. The van der Waals surface area contributed by atoms with Crippen LogP contribution in [0, 0.1) is 11.8 Å². The van der Waals surface area contributed by atoms with Gasteiger partial charge in [-0.3, -0.25) is 0 Å². The molecule has 1 heteroatoms. The molecule has 2 atom stereocenters. The van der Waals surface area contributed by atoms with Crippen molar-refractivity contribution in [2.45, 2.75) is 83.6 Å². The summed E-state index contributed by atoms with van der Waals surface area (Å²) in [6, 6.07) is 0.844. The van der Waals surface area contributed by atoms with E-state index in [1.165, 1.54) is 77.2 Å². The fraction of sp³-hybridized carbons (Fsp3) is 1.00. The molecule has 2 aliphatic carbocycles. The van der Waals surface area contributed by atoms with Crippen molar-refractivity contribution in [3.8, 4) is 0 Å². The summed E-state index contributed by atoms with van der Waals surface area (Å²) < 4.78 is 0. The van der Waals surface area contributed by atoms with Crippen LogP contribution in [0.5, 0.6) is 0 Å². The van der Waals surface area contributed by atoms with Crippen LogP contribution in [0.2, 0.25) is 0 Å². The minimum atomic E-state index is 0.844. The molecule has 1 nitrogen and oxygen atoms in total. The molecule has 0 heterocycles.